The molecular weight excluding hydrogens is 270 g/mol. The second-order valence-electron chi connectivity index (χ2n) is 4.90. The Labute approximate surface area is 125 Å². The standard InChI is InChI=1S/C15H23N3O3/c1-16-15(20)21-11-12-7-4-5-8-13(12)14(19)17-9-6-10-18(2)3/h4-5,7-8H,6,9-11H2,1-3H3,(H,16,20)(H,17,19). The van der Waals surface area contributed by atoms with Gasteiger partial charge in [0, 0.05) is 24.7 Å². The van der Waals surface area contributed by atoms with E-state index < -0.39 is 6.09 Å². The molecule has 0 fully saturated rings. The molecule has 0 radical (unpaired) electrons. The molecule has 1 aromatic rings. The van der Waals surface area contributed by atoms with Crippen molar-refractivity contribution in [2.24, 2.45) is 0 Å². The molecule has 0 saturated heterocycles. The fourth-order valence-electron chi connectivity index (χ4n) is 1.78. The number of rotatable bonds is 7. The first-order chi connectivity index (χ1) is 10.0. The van der Waals surface area contributed by atoms with Gasteiger partial charge >= 0.3 is 6.09 Å². The summed E-state index contributed by atoms with van der Waals surface area (Å²) >= 11 is 0. The SMILES string of the molecule is CNC(=O)OCc1ccccc1C(=O)NCCCN(C)C. The van der Waals surface area contributed by atoms with Crippen molar-refractivity contribution >= 4 is 12.0 Å². The Bertz CT molecular complexity index is 475. The molecule has 0 aromatic heterocycles. The second-order valence-corrected chi connectivity index (χ2v) is 4.90. The van der Waals surface area contributed by atoms with E-state index in [4.69, 9.17) is 4.74 Å². The number of benzene rings is 1. The minimum atomic E-state index is -0.517. The van der Waals surface area contributed by atoms with Crippen LogP contribution in [0.25, 0.3) is 0 Å². The van der Waals surface area contributed by atoms with Gasteiger partial charge in [-0.2, -0.15) is 0 Å². The fourth-order valence-corrected chi connectivity index (χ4v) is 1.78. The second kappa shape index (κ2) is 8.97. The van der Waals surface area contributed by atoms with Gasteiger partial charge in [-0.25, -0.2) is 4.79 Å². The van der Waals surface area contributed by atoms with Gasteiger partial charge in [0.25, 0.3) is 5.91 Å². The molecule has 0 spiro atoms. The number of hydrogen-bond donors (Lipinski definition) is 2. The van der Waals surface area contributed by atoms with Crippen molar-refractivity contribution in [1.82, 2.24) is 15.5 Å². The van der Waals surface area contributed by atoms with Crippen LogP contribution in [0.5, 0.6) is 0 Å². The minimum absolute atomic E-state index is 0.0704. The van der Waals surface area contributed by atoms with Gasteiger partial charge in [0.05, 0.1) is 0 Å². The number of carbonyl (C=O) groups excluding carboxylic acids is 2. The van der Waals surface area contributed by atoms with Crippen molar-refractivity contribution in [3.05, 3.63) is 35.4 Å². The van der Waals surface area contributed by atoms with Crippen molar-refractivity contribution in [1.29, 1.82) is 0 Å². The number of nitrogens with one attached hydrogen (secondary N) is 2. The molecule has 0 atom stereocenters. The first kappa shape index (κ1) is 17.0. The maximum absolute atomic E-state index is 12.1. The molecule has 2 amide bonds. The van der Waals surface area contributed by atoms with Gasteiger partial charge < -0.3 is 20.3 Å². The Balaban J connectivity index is 2.56. The minimum Gasteiger partial charge on any atom is -0.445 e. The number of ether oxygens (including phenoxy) is 1. The Morgan fingerprint density at radius 3 is 2.62 bits per heavy atom. The number of carbonyl (C=O) groups is 2. The summed E-state index contributed by atoms with van der Waals surface area (Å²) in [6.45, 7) is 1.60. The molecule has 0 heterocycles. The van der Waals surface area contributed by atoms with Crippen molar-refractivity contribution in [2.75, 3.05) is 34.2 Å². The number of alkyl carbamates (subject to hydrolysis) is 1. The quantitative estimate of drug-likeness (QED) is 0.742. The van der Waals surface area contributed by atoms with Crippen molar-refractivity contribution in [3.63, 3.8) is 0 Å². The van der Waals surface area contributed by atoms with Gasteiger partial charge in [-0.05, 0) is 33.1 Å². The summed E-state index contributed by atoms with van der Waals surface area (Å²) in [5.74, 6) is -0.148. The summed E-state index contributed by atoms with van der Waals surface area (Å²) in [6, 6.07) is 7.10. The normalized spacial score (nSPS) is 10.3. The average molecular weight is 293 g/mol. The van der Waals surface area contributed by atoms with Crippen molar-refractivity contribution in [2.45, 2.75) is 13.0 Å². The predicted molar refractivity (Wildman–Crippen MR) is 81.2 cm³/mol. The fraction of sp³-hybridized carbons (Fsp3) is 0.467. The van der Waals surface area contributed by atoms with Crippen LogP contribution in [0.15, 0.2) is 24.3 Å². The third-order valence-electron chi connectivity index (χ3n) is 2.89. The van der Waals surface area contributed by atoms with Gasteiger partial charge in [0.2, 0.25) is 0 Å². The zero-order valence-corrected chi connectivity index (χ0v) is 12.8. The molecule has 0 aliphatic carbocycles. The molecule has 0 aliphatic heterocycles. The van der Waals surface area contributed by atoms with Crippen LogP contribution in [-0.2, 0) is 11.3 Å². The third kappa shape index (κ3) is 6.27. The summed E-state index contributed by atoms with van der Waals surface area (Å²) in [5.41, 5.74) is 1.22. The Morgan fingerprint density at radius 2 is 1.95 bits per heavy atom. The summed E-state index contributed by atoms with van der Waals surface area (Å²) in [6.07, 6.45) is 0.367. The smallest absolute Gasteiger partial charge is 0.407 e. The molecule has 2 N–H and O–H groups in total. The van der Waals surface area contributed by atoms with E-state index in [-0.39, 0.29) is 12.5 Å². The van der Waals surface area contributed by atoms with Gasteiger partial charge in [0.15, 0.2) is 0 Å². The van der Waals surface area contributed by atoms with E-state index in [0.29, 0.717) is 17.7 Å². The topological polar surface area (TPSA) is 70.7 Å². The summed E-state index contributed by atoms with van der Waals surface area (Å²) in [4.78, 5) is 25.3. The molecule has 6 nitrogen and oxygen atoms in total. The van der Waals surface area contributed by atoms with E-state index in [1.807, 2.05) is 20.2 Å². The molecule has 0 saturated carbocycles. The largest absolute Gasteiger partial charge is 0.445 e. The monoisotopic (exact) mass is 293 g/mol. The molecule has 0 unspecified atom stereocenters. The van der Waals surface area contributed by atoms with Crippen LogP contribution < -0.4 is 10.6 Å². The highest BCUT2D eigenvalue weighted by Gasteiger charge is 2.11. The van der Waals surface area contributed by atoms with Gasteiger partial charge in [-0.3, -0.25) is 4.79 Å². The number of amides is 2. The van der Waals surface area contributed by atoms with E-state index in [1.54, 1.807) is 18.2 Å². The van der Waals surface area contributed by atoms with Crippen LogP contribution >= 0.6 is 0 Å². The Kier molecular flexibility index (Phi) is 7.25. The van der Waals surface area contributed by atoms with E-state index in [1.165, 1.54) is 7.05 Å². The van der Waals surface area contributed by atoms with Gasteiger partial charge in [0.1, 0.15) is 6.61 Å². The summed E-state index contributed by atoms with van der Waals surface area (Å²) in [7, 11) is 5.48. The lowest BCUT2D eigenvalue weighted by Crippen LogP contribution is -2.28. The lowest BCUT2D eigenvalue weighted by molar-refractivity contribution is 0.0946. The summed E-state index contributed by atoms with van der Waals surface area (Å²) in [5, 5.41) is 5.24. The first-order valence-corrected chi connectivity index (χ1v) is 6.90. The van der Waals surface area contributed by atoms with E-state index >= 15 is 0 Å². The highest BCUT2D eigenvalue weighted by molar-refractivity contribution is 5.95. The molecular formula is C15H23N3O3. The molecule has 1 aromatic carbocycles. The zero-order chi connectivity index (χ0) is 15.7. The predicted octanol–water partition coefficient (Wildman–Crippen LogP) is 1.22. The van der Waals surface area contributed by atoms with Gasteiger partial charge in [-0.15, -0.1) is 0 Å². The Hall–Kier alpha value is -2.08. The van der Waals surface area contributed by atoms with Crippen molar-refractivity contribution in [3.8, 4) is 0 Å². The molecule has 21 heavy (non-hydrogen) atoms. The van der Waals surface area contributed by atoms with Crippen LogP contribution in [-0.4, -0.2) is 51.1 Å². The van der Waals surface area contributed by atoms with Crippen LogP contribution in [0.2, 0.25) is 0 Å². The van der Waals surface area contributed by atoms with Crippen LogP contribution in [0, 0.1) is 0 Å². The zero-order valence-electron chi connectivity index (χ0n) is 12.8. The molecule has 116 valence electrons. The van der Waals surface area contributed by atoms with Crippen LogP contribution in [0.3, 0.4) is 0 Å². The van der Waals surface area contributed by atoms with Gasteiger partial charge in [-0.1, -0.05) is 18.2 Å². The first-order valence-electron chi connectivity index (χ1n) is 6.90. The Morgan fingerprint density at radius 1 is 1.24 bits per heavy atom. The van der Waals surface area contributed by atoms with Crippen LogP contribution in [0.1, 0.15) is 22.3 Å². The maximum Gasteiger partial charge on any atom is 0.407 e. The molecule has 0 bridgehead atoms. The van der Waals surface area contributed by atoms with E-state index in [2.05, 4.69) is 15.5 Å². The lowest BCUT2D eigenvalue weighted by Gasteiger charge is -2.12. The highest BCUT2D eigenvalue weighted by atomic mass is 16.5. The number of hydrogen-bond acceptors (Lipinski definition) is 4. The summed E-state index contributed by atoms with van der Waals surface area (Å²) < 4.78 is 4.99. The molecule has 0 aliphatic rings. The number of nitrogens with zero attached hydrogens (tertiary/aromatic N) is 1. The molecule has 1 rings (SSSR count). The van der Waals surface area contributed by atoms with Crippen molar-refractivity contribution < 1.29 is 14.3 Å². The lowest BCUT2D eigenvalue weighted by atomic mass is 10.1. The van der Waals surface area contributed by atoms with Crippen LogP contribution in [0.4, 0.5) is 4.79 Å². The van der Waals surface area contributed by atoms with E-state index in [9.17, 15) is 9.59 Å². The van der Waals surface area contributed by atoms with E-state index in [0.717, 1.165) is 13.0 Å². The molecule has 6 heteroatoms. The maximum atomic E-state index is 12.1. The highest BCUT2D eigenvalue weighted by Crippen LogP contribution is 2.10. The third-order valence-corrected chi connectivity index (χ3v) is 2.89. The average Bonchev–Trinajstić information content (AvgIpc) is 2.49.